The Bertz CT molecular complexity index is 894. The number of nitrogens with one attached hydrogen (secondary N) is 1. The highest BCUT2D eigenvalue weighted by Gasteiger charge is 2.43. The first-order valence-electron chi connectivity index (χ1n) is 7.76. The summed E-state index contributed by atoms with van der Waals surface area (Å²) >= 11 is 1.77. The average Bonchev–Trinajstić information content (AvgIpc) is 3.32. The standard InChI is InChI=1S/C17H18N2O4S2/c1-25(22,23)14-7-8-15(16(11-14)19(20)21)18-12-17(9-10-17)24-13-5-3-2-4-6-13/h2-8,11,18H,9-10,12H2,1H3. The van der Waals surface area contributed by atoms with E-state index >= 15 is 0 Å². The predicted octanol–water partition coefficient (Wildman–Crippen LogP) is 3.74. The van der Waals surface area contributed by atoms with Crippen molar-refractivity contribution >= 4 is 33.0 Å². The molecule has 8 heteroatoms. The summed E-state index contributed by atoms with van der Waals surface area (Å²) in [5, 5.41) is 14.4. The third-order valence-electron chi connectivity index (χ3n) is 4.08. The van der Waals surface area contributed by atoms with Crippen LogP contribution < -0.4 is 5.32 Å². The summed E-state index contributed by atoms with van der Waals surface area (Å²) in [5.41, 5.74) is 0.126. The summed E-state index contributed by atoms with van der Waals surface area (Å²) in [6.07, 6.45) is 3.11. The van der Waals surface area contributed by atoms with E-state index in [1.54, 1.807) is 11.8 Å². The van der Waals surface area contributed by atoms with Gasteiger partial charge in [-0.25, -0.2) is 8.42 Å². The fraction of sp³-hybridized carbons (Fsp3) is 0.294. The number of nitro groups is 1. The Balaban J connectivity index is 1.76. The van der Waals surface area contributed by atoms with Gasteiger partial charge in [-0.05, 0) is 37.1 Å². The van der Waals surface area contributed by atoms with Gasteiger partial charge in [0.1, 0.15) is 5.69 Å². The molecule has 0 spiro atoms. The van der Waals surface area contributed by atoms with E-state index in [1.807, 2.05) is 30.3 Å². The van der Waals surface area contributed by atoms with E-state index in [4.69, 9.17) is 0 Å². The van der Waals surface area contributed by atoms with Gasteiger partial charge in [-0.3, -0.25) is 10.1 Å². The zero-order valence-corrected chi connectivity index (χ0v) is 15.3. The van der Waals surface area contributed by atoms with E-state index < -0.39 is 14.8 Å². The Morgan fingerprint density at radius 1 is 1.20 bits per heavy atom. The van der Waals surface area contributed by atoms with Gasteiger partial charge in [0, 0.05) is 28.5 Å². The second-order valence-electron chi connectivity index (χ2n) is 6.16. The van der Waals surface area contributed by atoms with Gasteiger partial charge in [0.25, 0.3) is 5.69 Å². The first kappa shape index (κ1) is 17.8. The lowest BCUT2D eigenvalue weighted by Crippen LogP contribution is -2.18. The summed E-state index contributed by atoms with van der Waals surface area (Å²) < 4.78 is 23.2. The molecule has 1 N–H and O–H groups in total. The van der Waals surface area contributed by atoms with Crippen molar-refractivity contribution < 1.29 is 13.3 Å². The van der Waals surface area contributed by atoms with Crippen LogP contribution in [0.2, 0.25) is 0 Å². The first-order chi connectivity index (χ1) is 11.8. The molecule has 1 aliphatic carbocycles. The topological polar surface area (TPSA) is 89.3 Å². The number of anilines is 1. The maximum atomic E-state index is 11.6. The highest BCUT2D eigenvalue weighted by molar-refractivity contribution is 8.01. The molecule has 3 rings (SSSR count). The van der Waals surface area contributed by atoms with Gasteiger partial charge in [-0.15, -0.1) is 11.8 Å². The number of nitro benzene ring substituents is 1. The Kier molecular flexibility index (Phi) is 4.75. The van der Waals surface area contributed by atoms with Crippen LogP contribution in [0.1, 0.15) is 12.8 Å². The van der Waals surface area contributed by atoms with Crippen molar-refractivity contribution in [2.75, 3.05) is 18.1 Å². The molecule has 0 radical (unpaired) electrons. The minimum Gasteiger partial charge on any atom is -0.378 e. The van der Waals surface area contributed by atoms with Gasteiger partial charge < -0.3 is 5.32 Å². The van der Waals surface area contributed by atoms with E-state index in [0.717, 1.165) is 25.2 Å². The van der Waals surface area contributed by atoms with Gasteiger partial charge in [0.2, 0.25) is 0 Å². The van der Waals surface area contributed by atoms with Crippen molar-refractivity contribution in [2.45, 2.75) is 27.4 Å². The second kappa shape index (κ2) is 6.68. The highest BCUT2D eigenvalue weighted by Crippen LogP contribution is 2.51. The summed E-state index contributed by atoms with van der Waals surface area (Å²) in [6, 6.07) is 14.0. The van der Waals surface area contributed by atoms with Crippen LogP contribution in [0.15, 0.2) is 58.3 Å². The van der Waals surface area contributed by atoms with Gasteiger partial charge in [-0.2, -0.15) is 0 Å². The molecule has 2 aromatic carbocycles. The number of rotatable bonds is 7. The Morgan fingerprint density at radius 2 is 1.88 bits per heavy atom. The predicted molar refractivity (Wildman–Crippen MR) is 99.0 cm³/mol. The van der Waals surface area contributed by atoms with Crippen LogP contribution in [-0.4, -0.2) is 30.9 Å². The van der Waals surface area contributed by atoms with Gasteiger partial charge >= 0.3 is 0 Å². The first-order valence-corrected chi connectivity index (χ1v) is 10.5. The number of benzene rings is 2. The smallest absolute Gasteiger partial charge is 0.293 e. The zero-order valence-electron chi connectivity index (χ0n) is 13.6. The monoisotopic (exact) mass is 378 g/mol. The molecule has 0 aliphatic heterocycles. The lowest BCUT2D eigenvalue weighted by Gasteiger charge is -2.17. The minimum absolute atomic E-state index is 0.0325. The minimum atomic E-state index is -3.48. The molecule has 0 heterocycles. The lowest BCUT2D eigenvalue weighted by atomic mass is 10.2. The summed E-state index contributed by atoms with van der Waals surface area (Å²) in [5.74, 6) is 0. The fourth-order valence-corrected chi connectivity index (χ4v) is 4.38. The summed E-state index contributed by atoms with van der Waals surface area (Å²) in [4.78, 5) is 11.9. The van der Waals surface area contributed by atoms with Gasteiger partial charge in [0.05, 0.1) is 9.82 Å². The Labute approximate surface area is 150 Å². The van der Waals surface area contributed by atoms with E-state index in [-0.39, 0.29) is 15.3 Å². The molecular formula is C17H18N2O4S2. The quantitative estimate of drug-likeness (QED) is 0.583. The molecule has 0 unspecified atom stereocenters. The third kappa shape index (κ3) is 4.32. The van der Waals surface area contributed by atoms with Crippen molar-refractivity contribution in [1.82, 2.24) is 0 Å². The molecule has 6 nitrogen and oxygen atoms in total. The Morgan fingerprint density at radius 3 is 2.44 bits per heavy atom. The van der Waals surface area contributed by atoms with Crippen molar-refractivity contribution in [1.29, 1.82) is 0 Å². The van der Waals surface area contributed by atoms with Crippen LogP contribution in [-0.2, 0) is 9.84 Å². The molecule has 0 saturated heterocycles. The number of hydrogen-bond donors (Lipinski definition) is 1. The summed E-state index contributed by atoms with van der Waals surface area (Å²) in [7, 11) is -3.48. The van der Waals surface area contributed by atoms with Gasteiger partial charge in [-0.1, -0.05) is 18.2 Å². The number of nitrogens with zero attached hydrogens (tertiary/aromatic N) is 1. The maximum absolute atomic E-state index is 11.6. The molecule has 0 aromatic heterocycles. The zero-order chi connectivity index (χ0) is 18.1. The molecular weight excluding hydrogens is 360 g/mol. The molecule has 25 heavy (non-hydrogen) atoms. The fourth-order valence-electron chi connectivity index (χ4n) is 2.49. The molecule has 1 fully saturated rings. The van der Waals surface area contributed by atoms with Crippen LogP contribution in [0.5, 0.6) is 0 Å². The molecule has 0 bridgehead atoms. The average molecular weight is 378 g/mol. The van der Waals surface area contributed by atoms with Crippen LogP contribution in [0.4, 0.5) is 11.4 Å². The highest BCUT2D eigenvalue weighted by atomic mass is 32.2. The van der Waals surface area contributed by atoms with E-state index in [9.17, 15) is 18.5 Å². The lowest BCUT2D eigenvalue weighted by molar-refractivity contribution is -0.384. The van der Waals surface area contributed by atoms with E-state index in [2.05, 4.69) is 5.32 Å². The van der Waals surface area contributed by atoms with Crippen LogP contribution >= 0.6 is 11.8 Å². The molecule has 132 valence electrons. The number of hydrogen-bond acceptors (Lipinski definition) is 6. The van der Waals surface area contributed by atoms with Gasteiger partial charge in [0.15, 0.2) is 9.84 Å². The van der Waals surface area contributed by atoms with E-state index in [0.29, 0.717) is 12.2 Å². The maximum Gasteiger partial charge on any atom is 0.293 e. The van der Waals surface area contributed by atoms with E-state index in [1.165, 1.54) is 17.0 Å². The largest absolute Gasteiger partial charge is 0.378 e. The third-order valence-corrected chi connectivity index (χ3v) is 6.68. The number of thioether (sulfide) groups is 1. The molecule has 2 aromatic rings. The molecule has 1 saturated carbocycles. The van der Waals surface area contributed by atoms with Crippen molar-refractivity contribution in [3.8, 4) is 0 Å². The Hall–Kier alpha value is -2.06. The second-order valence-corrected chi connectivity index (χ2v) is 9.72. The van der Waals surface area contributed by atoms with Crippen LogP contribution in [0, 0.1) is 10.1 Å². The van der Waals surface area contributed by atoms with Crippen LogP contribution in [0.25, 0.3) is 0 Å². The van der Waals surface area contributed by atoms with Crippen molar-refractivity contribution in [3.05, 3.63) is 58.6 Å². The van der Waals surface area contributed by atoms with Crippen molar-refractivity contribution in [3.63, 3.8) is 0 Å². The SMILES string of the molecule is CS(=O)(=O)c1ccc(NCC2(Sc3ccccc3)CC2)c([N+](=O)[O-])c1. The molecule has 0 atom stereocenters. The van der Waals surface area contributed by atoms with Crippen molar-refractivity contribution in [2.24, 2.45) is 0 Å². The summed E-state index contributed by atoms with van der Waals surface area (Å²) in [6.45, 7) is 0.589. The normalized spacial score (nSPS) is 15.6. The van der Waals surface area contributed by atoms with Crippen LogP contribution in [0.3, 0.4) is 0 Å². The number of sulfone groups is 1. The molecule has 0 amide bonds. The molecule has 1 aliphatic rings.